The molecule has 6 nitrogen and oxygen atoms in total. The van der Waals surface area contributed by atoms with Crippen LogP contribution in [0.2, 0.25) is 0 Å². The van der Waals surface area contributed by atoms with Crippen LogP contribution in [-0.2, 0) is 13.2 Å². The highest BCUT2D eigenvalue weighted by Gasteiger charge is 2.29. The maximum absolute atomic E-state index is 12.3. The summed E-state index contributed by atoms with van der Waals surface area (Å²) in [5.74, 6) is 0.679. The zero-order chi connectivity index (χ0) is 16.4. The summed E-state index contributed by atoms with van der Waals surface area (Å²) in [6.07, 6.45) is 4.84. The average Bonchev–Trinajstić information content (AvgIpc) is 3.28. The van der Waals surface area contributed by atoms with Gasteiger partial charge in [-0.1, -0.05) is 29.4 Å². The van der Waals surface area contributed by atoms with Crippen molar-refractivity contribution >= 4 is 5.91 Å². The fourth-order valence-corrected chi connectivity index (χ4v) is 2.82. The molecule has 1 amide bonds. The van der Waals surface area contributed by atoms with Gasteiger partial charge in [0, 0.05) is 36.6 Å². The molecule has 0 bridgehead atoms. The second-order valence-electron chi connectivity index (χ2n) is 5.67. The van der Waals surface area contributed by atoms with Gasteiger partial charge in [-0.05, 0) is 18.6 Å². The van der Waals surface area contributed by atoms with E-state index >= 15 is 0 Å². The minimum absolute atomic E-state index is 0.209. The lowest BCUT2D eigenvalue weighted by atomic mass is 10.0. The summed E-state index contributed by atoms with van der Waals surface area (Å²) in [4.78, 5) is 12.3. The number of benzene rings is 1. The van der Waals surface area contributed by atoms with Crippen molar-refractivity contribution in [2.24, 2.45) is 0 Å². The lowest BCUT2D eigenvalue weighted by Gasteiger charge is -2.15. The van der Waals surface area contributed by atoms with Crippen LogP contribution >= 0.6 is 0 Å². The van der Waals surface area contributed by atoms with Crippen LogP contribution in [0.25, 0.3) is 11.3 Å². The van der Waals surface area contributed by atoms with Gasteiger partial charge in [0.1, 0.15) is 6.61 Å². The van der Waals surface area contributed by atoms with E-state index in [4.69, 9.17) is 9.26 Å². The van der Waals surface area contributed by atoms with E-state index in [2.05, 4.69) is 15.0 Å². The van der Waals surface area contributed by atoms with Gasteiger partial charge in [-0.2, -0.15) is 0 Å². The minimum atomic E-state index is -0.271. The fourth-order valence-electron chi connectivity index (χ4n) is 2.82. The molecule has 0 radical (unpaired) electrons. The summed E-state index contributed by atoms with van der Waals surface area (Å²) in [6, 6.07) is 11.8. The topological polar surface area (TPSA) is 69.3 Å². The van der Waals surface area contributed by atoms with Crippen molar-refractivity contribution in [1.82, 2.24) is 15.0 Å². The Morgan fingerprint density at radius 3 is 2.92 bits per heavy atom. The highest BCUT2D eigenvalue weighted by Crippen LogP contribution is 2.39. The Balaban J connectivity index is 1.42. The molecular formula is C18H17N3O3. The Morgan fingerprint density at radius 1 is 1.21 bits per heavy atom. The number of amides is 1. The molecule has 2 aromatic heterocycles. The predicted octanol–water partition coefficient (Wildman–Crippen LogP) is 2.86. The zero-order valence-electron chi connectivity index (χ0n) is 13.1. The van der Waals surface area contributed by atoms with Crippen LogP contribution < -0.4 is 10.1 Å². The van der Waals surface area contributed by atoms with E-state index in [0.717, 1.165) is 24.1 Å². The second-order valence-corrected chi connectivity index (χ2v) is 5.67. The number of ether oxygens (including phenoxy) is 1. The minimum Gasteiger partial charge on any atom is -0.482 e. The third kappa shape index (κ3) is 2.67. The van der Waals surface area contributed by atoms with E-state index in [1.165, 1.54) is 0 Å². The Kier molecular flexibility index (Phi) is 3.78. The van der Waals surface area contributed by atoms with E-state index in [9.17, 15) is 4.79 Å². The summed E-state index contributed by atoms with van der Waals surface area (Å²) >= 11 is 0. The van der Waals surface area contributed by atoms with Gasteiger partial charge in [-0.3, -0.25) is 4.79 Å². The highest BCUT2D eigenvalue weighted by atomic mass is 16.5. The first-order valence-corrected chi connectivity index (χ1v) is 7.92. The summed E-state index contributed by atoms with van der Waals surface area (Å²) in [5, 5.41) is 6.77. The molecule has 3 heterocycles. The average molecular weight is 323 g/mol. The molecule has 6 heteroatoms. The largest absolute Gasteiger partial charge is 0.482 e. The molecule has 1 aliphatic rings. The van der Waals surface area contributed by atoms with Crippen LogP contribution in [0.5, 0.6) is 5.75 Å². The molecule has 0 aliphatic carbocycles. The molecule has 122 valence electrons. The molecule has 0 saturated heterocycles. The summed E-state index contributed by atoms with van der Waals surface area (Å²) in [5.41, 5.74) is 2.17. The van der Waals surface area contributed by atoms with Gasteiger partial charge in [0.2, 0.25) is 17.2 Å². The molecule has 3 aromatic rings. The van der Waals surface area contributed by atoms with Gasteiger partial charge in [0.25, 0.3) is 5.91 Å². The smallest absolute Gasteiger partial charge is 0.277 e. The first-order chi connectivity index (χ1) is 11.8. The van der Waals surface area contributed by atoms with Crippen LogP contribution in [0.4, 0.5) is 0 Å². The molecule has 1 aromatic carbocycles. The van der Waals surface area contributed by atoms with Gasteiger partial charge < -0.3 is 19.1 Å². The van der Waals surface area contributed by atoms with Crippen molar-refractivity contribution in [2.45, 2.75) is 19.6 Å². The number of rotatable bonds is 5. The molecule has 0 atom stereocenters. The standard InChI is InChI=1S/C18H17N3O3/c22-18(19-8-5-11-21-9-3-4-10-21)15-17-16(24-20-15)14-7-2-1-6-13(14)12-23-17/h1-4,6-7,9-10H,5,8,11-12H2,(H,19,22). The van der Waals surface area contributed by atoms with Crippen molar-refractivity contribution in [3.63, 3.8) is 0 Å². The number of nitrogens with zero attached hydrogens (tertiary/aromatic N) is 2. The van der Waals surface area contributed by atoms with E-state index in [-0.39, 0.29) is 11.6 Å². The van der Waals surface area contributed by atoms with Crippen LogP contribution in [-0.4, -0.2) is 22.2 Å². The molecule has 0 spiro atoms. The Bertz CT molecular complexity index is 852. The lowest BCUT2D eigenvalue weighted by Crippen LogP contribution is -2.26. The van der Waals surface area contributed by atoms with Gasteiger partial charge in [-0.25, -0.2) is 0 Å². The molecule has 4 rings (SSSR count). The van der Waals surface area contributed by atoms with Gasteiger partial charge in [-0.15, -0.1) is 0 Å². The molecule has 0 unspecified atom stereocenters. The zero-order valence-corrected chi connectivity index (χ0v) is 13.1. The van der Waals surface area contributed by atoms with Crippen molar-refractivity contribution < 1.29 is 14.1 Å². The van der Waals surface area contributed by atoms with Crippen molar-refractivity contribution in [3.05, 3.63) is 60.0 Å². The number of fused-ring (bicyclic) bond motifs is 3. The van der Waals surface area contributed by atoms with E-state index in [1.54, 1.807) is 0 Å². The number of hydrogen-bond donors (Lipinski definition) is 1. The Hall–Kier alpha value is -3.02. The molecule has 0 fully saturated rings. The maximum Gasteiger partial charge on any atom is 0.277 e. The quantitative estimate of drug-likeness (QED) is 0.733. The summed E-state index contributed by atoms with van der Waals surface area (Å²) < 4.78 is 13.1. The van der Waals surface area contributed by atoms with E-state index < -0.39 is 0 Å². The summed E-state index contributed by atoms with van der Waals surface area (Å²) in [7, 11) is 0. The number of carbonyl (C=O) groups excluding carboxylic acids is 1. The third-order valence-electron chi connectivity index (χ3n) is 4.04. The second kappa shape index (κ2) is 6.23. The van der Waals surface area contributed by atoms with E-state index in [0.29, 0.717) is 24.7 Å². The first kappa shape index (κ1) is 14.6. The Morgan fingerprint density at radius 2 is 2.04 bits per heavy atom. The van der Waals surface area contributed by atoms with Crippen LogP contribution in [0.3, 0.4) is 0 Å². The molecule has 24 heavy (non-hydrogen) atoms. The Labute approximate surface area is 139 Å². The maximum atomic E-state index is 12.3. The van der Waals surface area contributed by atoms with Crippen molar-refractivity contribution in [1.29, 1.82) is 0 Å². The van der Waals surface area contributed by atoms with E-state index in [1.807, 2.05) is 48.8 Å². The lowest BCUT2D eigenvalue weighted by molar-refractivity contribution is 0.0940. The third-order valence-corrected chi connectivity index (χ3v) is 4.04. The van der Waals surface area contributed by atoms with Gasteiger partial charge in [0.05, 0.1) is 0 Å². The van der Waals surface area contributed by atoms with Gasteiger partial charge >= 0.3 is 0 Å². The predicted molar refractivity (Wildman–Crippen MR) is 87.7 cm³/mol. The molecule has 1 N–H and O–H groups in total. The van der Waals surface area contributed by atoms with Crippen LogP contribution in [0, 0.1) is 0 Å². The normalized spacial score (nSPS) is 12.2. The van der Waals surface area contributed by atoms with Crippen LogP contribution in [0.1, 0.15) is 22.5 Å². The van der Waals surface area contributed by atoms with Gasteiger partial charge in [0.15, 0.2) is 0 Å². The SMILES string of the molecule is O=C(NCCCn1cccc1)c1noc2c1OCc1ccccc1-2. The number of carbonyl (C=O) groups is 1. The first-order valence-electron chi connectivity index (χ1n) is 7.92. The number of nitrogens with one attached hydrogen (secondary N) is 1. The number of aryl methyl sites for hydroxylation is 1. The number of aromatic nitrogens is 2. The summed E-state index contributed by atoms with van der Waals surface area (Å²) in [6.45, 7) is 1.83. The molecule has 0 saturated carbocycles. The monoisotopic (exact) mass is 323 g/mol. The van der Waals surface area contributed by atoms with Crippen molar-refractivity contribution in [2.75, 3.05) is 6.54 Å². The van der Waals surface area contributed by atoms with Crippen LogP contribution in [0.15, 0.2) is 53.3 Å². The highest BCUT2D eigenvalue weighted by molar-refractivity contribution is 5.97. The fraction of sp³-hybridized carbons (Fsp3) is 0.222. The molecule has 1 aliphatic heterocycles. The molecular weight excluding hydrogens is 306 g/mol. The number of hydrogen-bond acceptors (Lipinski definition) is 4. The van der Waals surface area contributed by atoms with Crippen molar-refractivity contribution in [3.8, 4) is 17.1 Å².